The third-order valence-electron chi connectivity index (χ3n) is 5.80. The Morgan fingerprint density at radius 3 is 2.96 bits per heavy atom. The Bertz CT molecular complexity index is 766. The van der Waals surface area contributed by atoms with Crippen molar-refractivity contribution in [2.75, 3.05) is 20.2 Å². The van der Waals surface area contributed by atoms with E-state index in [4.69, 9.17) is 4.74 Å². The van der Waals surface area contributed by atoms with Crippen LogP contribution in [0.1, 0.15) is 25.3 Å². The number of benzene rings is 1. The highest BCUT2D eigenvalue weighted by Crippen LogP contribution is 2.36. The van der Waals surface area contributed by atoms with Gasteiger partial charge in [-0.3, -0.25) is 4.90 Å². The van der Waals surface area contributed by atoms with E-state index in [9.17, 15) is 4.39 Å². The van der Waals surface area contributed by atoms with E-state index in [1.165, 1.54) is 20.0 Å². The fraction of sp³-hybridized carbons (Fsp3) is 0.500. The van der Waals surface area contributed by atoms with Gasteiger partial charge in [0.05, 0.1) is 7.11 Å². The number of fused-ring (bicyclic) bond motifs is 3. The number of aromatic nitrogens is 1. The Labute approximate surface area is 142 Å². The van der Waals surface area contributed by atoms with Crippen molar-refractivity contribution in [3.63, 3.8) is 0 Å². The maximum absolute atomic E-state index is 14.6. The van der Waals surface area contributed by atoms with Gasteiger partial charge in [-0.15, -0.1) is 0 Å². The number of ether oxygens (including phenoxy) is 1. The van der Waals surface area contributed by atoms with Crippen molar-refractivity contribution in [3.8, 4) is 5.75 Å². The molecule has 3 heterocycles. The van der Waals surface area contributed by atoms with Gasteiger partial charge >= 0.3 is 0 Å². The highest BCUT2D eigenvalue weighted by Gasteiger charge is 2.36. The number of nitrogens with one attached hydrogen (secondary N) is 1. The molecule has 128 valence electrons. The summed E-state index contributed by atoms with van der Waals surface area (Å²) >= 11 is 0. The summed E-state index contributed by atoms with van der Waals surface area (Å²) in [6, 6.07) is 4.13. The molecule has 2 aliphatic heterocycles. The van der Waals surface area contributed by atoms with E-state index >= 15 is 0 Å². The molecule has 1 fully saturated rings. The van der Waals surface area contributed by atoms with E-state index in [0.717, 1.165) is 36.5 Å². The van der Waals surface area contributed by atoms with Crippen LogP contribution in [0.3, 0.4) is 0 Å². The number of rotatable bonds is 5. The molecule has 1 saturated heterocycles. The smallest absolute Gasteiger partial charge is 0.174 e. The third-order valence-corrected chi connectivity index (χ3v) is 5.80. The van der Waals surface area contributed by atoms with Gasteiger partial charge in [-0.25, -0.2) is 4.39 Å². The quantitative estimate of drug-likeness (QED) is 0.835. The molecule has 0 spiro atoms. The Kier molecular flexibility index (Phi) is 4.09. The average molecular weight is 328 g/mol. The first-order valence-electron chi connectivity index (χ1n) is 8.96. The summed E-state index contributed by atoms with van der Waals surface area (Å²) in [5, 5.41) is 0.680. The van der Waals surface area contributed by atoms with Crippen molar-refractivity contribution < 1.29 is 9.13 Å². The first-order valence-corrected chi connectivity index (χ1v) is 8.96. The van der Waals surface area contributed by atoms with E-state index in [0.29, 0.717) is 23.1 Å². The van der Waals surface area contributed by atoms with Gasteiger partial charge in [0.2, 0.25) is 0 Å². The van der Waals surface area contributed by atoms with Gasteiger partial charge in [-0.2, -0.15) is 0 Å². The Hall–Kier alpha value is -1.81. The molecule has 3 unspecified atom stereocenters. The van der Waals surface area contributed by atoms with E-state index in [-0.39, 0.29) is 5.82 Å². The highest BCUT2D eigenvalue weighted by atomic mass is 19.1. The lowest BCUT2D eigenvalue weighted by atomic mass is 9.76. The molecular weight excluding hydrogens is 303 g/mol. The zero-order valence-electron chi connectivity index (χ0n) is 14.4. The van der Waals surface area contributed by atoms with Crippen molar-refractivity contribution in [1.29, 1.82) is 0 Å². The second-order valence-electron chi connectivity index (χ2n) is 7.10. The average Bonchev–Trinajstić information content (AvgIpc) is 3.04. The Morgan fingerprint density at radius 1 is 1.33 bits per heavy atom. The van der Waals surface area contributed by atoms with Gasteiger partial charge in [0.25, 0.3) is 0 Å². The molecular formula is C20H25FN2O. The normalized spacial score (nSPS) is 26.4. The van der Waals surface area contributed by atoms with Gasteiger partial charge in [-0.05, 0) is 42.4 Å². The van der Waals surface area contributed by atoms with E-state index in [2.05, 4.69) is 29.0 Å². The zero-order valence-corrected chi connectivity index (χ0v) is 14.4. The molecule has 24 heavy (non-hydrogen) atoms. The predicted molar refractivity (Wildman–Crippen MR) is 94.9 cm³/mol. The van der Waals surface area contributed by atoms with Crippen LogP contribution in [0.2, 0.25) is 0 Å². The van der Waals surface area contributed by atoms with Crippen LogP contribution in [0.15, 0.2) is 30.5 Å². The Morgan fingerprint density at radius 2 is 2.21 bits per heavy atom. The Balaban J connectivity index is 1.54. The lowest BCUT2D eigenvalue weighted by Crippen LogP contribution is -2.50. The van der Waals surface area contributed by atoms with Crippen molar-refractivity contribution in [2.45, 2.75) is 32.2 Å². The SMILES string of the molecule is CCC1CC2C=CC1N(CCc1c[nH]c3ccc(OC)c(F)c13)C2. The summed E-state index contributed by atoms with van der Waals surface area (Å²) < 4.78 is 19.8. The lowest BCUT2D eigenvalue weighted by Gasteiger charge is -2.46. The third kappa shape index (κ3) is 2.53. The molecule has 3 nitrogen and oxygen atoms in total. The molecule has 1 aromatic carbocycles. The minimum absolute atomic E-state index is 0.252. The van der Waals surface area contributed by atoms with Gasteiger partial charge < -0.3 is 9.72 Å². The van der Waals surface area contributed by atoms with E-state index in [1.54, 1.807) is 6.07 Å². The zero-order chi connectivity index (χ0) is 16.7. The molecule has 4 heteroatoms. The van der Waals surface area contributed by atoms with E-state index in [1.807, 2.05) is 12.3 Å². The lowest BCUT2D eigenvalue weighted by molar-refractivity contribution is 0.0826. The topological polar surface area (TPSA) is 28.3 Å². The fourth-order valence-corrected chi connectivity index (χ4v) is 4.51. The number of halogens is 1. The number of hydrogen-bond donors (Lipinski definition) is 1. The number of piperidine rings is 1. The molecule has 2 bridgehead atoms. The molecule has 1 aromatic heterocycles. The molecule has 2 aromatic rings. The fourth-order valence-electron chi connectivity index (χ4n) is 4.51. The van der Waals surface area contributed by atoms with Crippen LogP contribution in [-0.4, -0.2) is 36.1 Å². The van der Waals surface area contributed by atoms with Gasteiger partial charge in [0.15, 0.2) is 11.6 Å². The summed E-state index contributed by atoms with van der Waals surface area (Å²) in [6.45, 7) is 4.41. The summed E-state index contributed by atoms with van der Waals surface area (Å²) in [5.41, 5.74) is 1.88. The standard InChI is InChI=1S/C20H25FN2O/c1-3-14-10-13-4-6-17(14)23(12-13)9-8-15-11-22-16-5-7-18(24-2)20(21)19(15)16/h4-7,11,13-14,17,22H,3,8-10,12H2,1-2H3. The number of nitrogens with zero attached hydrogens (tertiary/aromatic N) is 1. The second kappa shape index (κ2) is 6.25. The molecule has 0 amide bonds. The van der Waals surface area contributed by atoms with Crippen LogP contribution < -0.4 is 4.74 Å². The van der Waals surface area contributed by atoms with Crippen LogP contribution in [-0.2, 0) is 6.42 Å². The van der Waals surface area contributed by atoms with Gasteiger partial charge in [0, 0.05) is 36.2 Å². The first-order chi connectivity index (χ1) is 11.7. The van der Waals surface area contributed by atoms with Crippen LogP contribution in [0, 0.1) is 17.7 Å². The monoisotopic (exact) mass is 328 g/mol. The molecule has 0 saturated carbocycles. The summed E-state index contributed by atoms with van der Waals surface area (Å²) in [7, 11) is 1.51. The van der Waals surface area contributed by atoms with Crippen molar-refractivity contribution >= 4 is 10.9 Å². The maximum atomic E-state index is 14.6. The first kappa shape index (κ1) is 15.7. The minimum atomic E-state index is -0.252. The summed E-state index contributed by atoms with van der Waals surface area (Å²) in [5.74, 6) is 1.53. The molecule has 1 N–H and O–H groups in total. The van der Waals surface area contributed by atoms with Crippen LogP contribution >= 0.6 is 0 Å². The van der Waals surface area contributed by atoms with Crippen molar-refractivity contribution in [3.05, 3.63) is 41.9 Å². The molecule has 1 aliphatic carbocycles. The van der Waals surface area contributed by atoms with Crippen LogP contribution in [0.5, 0.6) is 5.75 Å². The highest BCUT2D eigenvalue weighted by molar-refractivity contribution is 5.85. The maximum Gasteiger partial charge on any atom is 0.174 e. The van der Waals surface area contributed by atoms with Crippen molar-refractivity contribution in [2.24, 2.45) is 11.8 Å². The van der Waals surface area contributed by atoms with E-state index < -0.39 is 0 Å². The van der Waals surface area contributed by atoms with Crippen LogP contribution in [0.25, 0.3) is 10.9 Å². The number of aromatic amines is 1. The number of methoxy groups -OCH3 is 1. The number of hydrogen-bond acceptors (Lipinski definition) is 2. The van der Waals surface area contributed by atoms with Crippen molar-refractivity contribution in [1.82, 2.24) is 9.88 Å². The molecule has 0 radical (unpaired) electrons. The summed E-state index contributed by atoms with van der Waals surface area (Å²) in [4.78, 5) is 5.78. The second-order valence-corrected chi connectivity index (χ2v) is 7.10. The minimum Gasteiger partial charge on any atom is -0.494 e. The number of H-pyrrole nitrogens is 1. The van der Waals surface area contributed by atoms with Crippen LogP contribution in [0.4, 0.5) is 4.39 Å². The van der Waals surface area contributed by atoms with Gasteiger partial charge in [0.1, 0.15) is 0 Å². The largest absolute Gasteiger partial charge is 0.494 e. The van der Waals surface area contributed by atoms with Gasteiger partial charge in [-0.1, -0.05) is 25.5 Å². The predicted octanol–water partition coefficient (Wildman–Crippen LogP) is 4.14. The molecule has 3 aliphatic rings. The molecule has 3 atom stereocenters. The molecule has 5 rings (SSSR count). The summed E-state index contributed by atoms with van der Waals surface area (Å²) in [6.07, 6.45) is 10.2.